The van der Waals surface area contributed by atoms with E-state index in [1.165, 1.54) is 0 Å². The highest BCUT2D eigenvalue weighted by Crippen LogP contribution is 2.33. The van der Waals surface area contributed by atoms with Crippen LogP contribution in [0.3, 0.4) is 0 Å². The minimum atomic E-state index is -2.16. The van der Waals surface area contributed by atoms with E-state index in [9.17, 15) is 0 Å². The number of fused-ring (bicyclic) bond motifs is 4. The number of rotatable bonds is 1. The Labute approximate surface area is 167 Å². The van der Waals surface area contributed by atoms with Crippen molar-refractivity contribution in [2.45, 2.75) is 20.6 Å². The molecule has 27 heavy (non-hydrogen) atoms. The van der Waals surface area contributed by atoms with E-state index < -0.39 is 13.7 Å². The Bertz CT molecular complexity index is 1560. The lowest BCUT2D eigenvalue weighted by Crippen LogP contribution is -2.30. The van der Waals surface area contributed by atoms with Crippen LogP contribution in [-0.4, -0.2) is 0 Å². The topological polar surface area (TPSA) is 17.0 Å². The molecule has 0 fully saturated rings. The fraction of sp³-hybridized carbons (Fsp3) is 0.160. The maximum atomic E-state index is 7.69. The quantitative estimate of drug-likeness (QED) is 0.328. The van der Waals surface area contributed by atoms with Crippen LogP contribution in [0.2, 0.25) is 0 Å². The summed E-state index contributed by atoms with van der Waals surface area (Å²) < 4.78 is 54.2. The molecule has 0 aliphatic heterocycles. The summed E-state index contributed by atoms with van der Waals surface area (Å²) in [6, 6.07) is 16.2. The lowest BCUT2D eigenvalue weighted by Gasteiger charge is -2.05. The first-order valence-corrected chi connectivity index (χ1v) is 8.83. The Morgan fingerprint density at radius 3 is 2.41 bits per heavy atom. The number of hydrogen-bond acceptors (Lipinski definition) is 1. The zero-order chi connectivity index (χ0) is 23.7. The first kappa shape index (κ1) is 10.9. The summed E-state index contributed by atoms with van der Waals surface area (Å²) in [5.74, 6) is 0. The highest BCUT2D eigenvalue weighted by atomic mass is 16.3. The molecule has 0 spiro atoms. The molecule has 0 bridgehead atoms. The lowest BCUT2D eigenvalue weighted by atomic mass is 10.0. The van der Waals surface area contributed by atoms with E-state index in [-0.39, 0.29) is 0 Å². The third-order valence-electron chi connectivity index (χ3n) is 5.19. The molecule has 2 heterocycles. The fourth-order valence-electron chi connectivity index (χ4n) is 3.83. The Balaban J connectivity index is 1.69. The second-order valence-corrected chi connectivity index (χ2v) is 7.09. The van der Waals surface area contributed by atoms with Gasteiger partial charge in [0.05, 0.1) is 11.5 Å². The molecule has 0 saturated carbocycles. The Hall–Kier alpha value is -3.13. The van der Waals surface area contributed by atoms with Crippen molar-refractivity contribution >= 4 is 32.7 Å². The number of nitrogens with zero attached hydrogens (tertiary/aromatic N) is 1. The summed E-state index contributed by atoms with van der Waals surface area (Å²) in [5.41, 5.74) is 4.78. The Morgan fingerprint density at radius 1 is 0.815 bits per heavy atom. The maximum Gasteiger partial charge on any atom is 0.216 e. The van der Waals surface area contributed by atoms with E-state index in [4.69, 9.17) is 12.6 Å². The Kier molecular flexibility index (Phi) is 2.29. The van der Waals surface area contributed by atoms with Crippen molar-refractivity contribution in [3.05, 3.63) is 77.5 Å². The van der Waals surface area contributed by atoms with Crippen molar-refractivity contribution in [2.24, 2.45) is 7.05 Å². The molecular weight excluding hydrogens is 330 g/mol. The van der Waals surface area contributed by atoms with Gasteiger partial charge in [-0.05, 0) is 55.2 Å². The average Bonchev–Trinajstić information content (AvgIpc) is 3.06. The zero-order valence-corrected chi connectivity index (χ0v) is 15.1. The third kappa shape index (κ3) is 2.52. The molecule has 0 aliphatic rings. The van der Waals surface area contributed by atoms with E-state index in [1.807, 2.05) is 55.1 Å². The number of benzene rings is 3. The molecule has 132 valence electrons. The summed E-state index contributed by atoms with van der Waals surface area (Å²) in [6.07, 6.45) is 1.99. The Morgan fingerprint density at radius 2 is 1.59 bits per heavy atom. The van der Waals surface area contributed by atoms with Crippen LogP contribution in [-0.2, 0) is 7.05 Å². The third-order valence-corrected chi connectivity index (χ3v) is 5.19. The van der Waals surface area contributed by atoms with Crippen LogP contribution in [0.1, 0.15) is 24.9 Å². The molecule has 3 aromatic carbocycles. The van der Waals surface area contributed by atoms with Gasteiger partial charge in [-0.15, -0.1) is 0 Å². The van der Waals surface area contributed by atoms with Crippen LogP contribution in [0, 0.1) is 20.6 Å². The molecule has 2 nitrogen and oxygen atoms in total. The van der Waals surface area contributed by atoms with Crippen LogP contribution in [0.4, 0.5) is 0 Å². The van der Waals surface area contributed by atoms with Crippen LogP contribution in [0.25, 0.3) is 44.0 Å². The zero-order valence-electron chi connectivity index (χ0n) is 21.1. The lowest BCUT2D eigenvalue weighted by molar-refractivity contribution is -0.659. The molecule has 0 radical (unpaired) electrons. The maximum absolute atomic E-state index is 7.69. The average molecular weight is 358 g/mol. The summed E-state index contributed by atoms with van der Waals surface area (Å²) in [7, 11) is 1.94. The number of pyridine rings is 1. The second kappa shape index (κ2) is 5.68. The number of aryl methyl sites for hydroxylation is 4. The summed E-state index contributed by atoms with van der Waals surface area (Å²) >= 11 is 0. The van der Waals surface area contributed by atoms with Gasteiger partial charge in [-0.25, -0.2) is 4.57 Å². The summed E-state index contributed by atoms with van der Waals surface area (Å²) in [5, 5.41) is 3.60. The first-order valence-electron chi connectivity index (χ1n) is 11.8. The molecule has 0 aliphatic carbocycles. The van der Waals surface area contributed by atoms with E-state index in [1.54, 1.807) is 24.3 Å². The first-order chi connectivity index (χ1) is 15.4. The van der Waals surface area contributed by atoms with Crippen LogP contribution < -0.4 is 4.57 Å². The molecule has 0 N–H and O–H groups in total. The minimum Gasteiger partial charge on any atom is -0.456 e. The van der Waals surface area contributed by atoms with Crippen molar-refractivity contribution in [3.63, 3.8) is 0 Å². The summed E-state index contributed by atoms with van der Waals surface area (Å²) in [6.45, 7) is -2.39. The van der Waals surface area contributed by atoms with Crippen LogP contribution >= 0.6 is 0 Å². The van der Waals surface area contributed by atoms with Gasteiger partial charge in [0.1, 0.15) is 18.2 Å². The largest absolute Gasteiger partial charge is 0.456 e. The predicted octanol–water partition coefficient (Wildman–Crippen LogP) is 6.16. The van der Waals surface area contributed by atoms with E-state index in [0.29, 0.717) is 16.7 Å². The van der Waals surface area contributed by atoms with Crippen molar-refractivity contribution in [1.29, 1.82) is 0 Å². The molecular formula is C25H22NO+. The van der Waals surface area contributed by atoms with Gasteiger partial charge in [0.25, 0.3) is 0 Å². The fourth-order valence-corrected chi connectivity index (χ4v) is 3.83. The van der Waals surface area contributed by atoms with Gasteiger partial charge >= 0.3 is 0 Å². The highest BCUT2D eigenvalue weighted by Gasteiger charge is 2.18. The van der Waals surface area contributed by atoms with Gasteiger partial charge in [0.2, 0.25) is 5.69 Å². The van der Waals surface area contributed by atoms with E-state index in [0.717, 1.165) is 43.9 Å². The number of aromatic nitrogens is 1. The van der Waals surface area contributed by atoms with E-state index in [2.05, 4.69) is 0 Å². The van der Waals surface area contributed by atoms with Crippen molar-refractivity contribution in [2.75, 3.05) is 0 Å². The highest BCUT2D eigenvalue weighted by molar-refractivity contribution is 6.09. The second-order valence-electron chi connectivity index (χ2n) is 7.09. The van der Waals surface area contributed by atoms with Gasteiger partial charge < -0.3 is 4.42 Å². The van der Waals surface area contributed by atoms with Crippen LogP contribution in [0.15, 0.2) is 65.2 Å². The monoisotopic (exact) mass is 358 g/mol. The summed E-state index contributed by atoms with van der Waals surface area (Å²) in [4.78, 5) is 0. The predicted molar refractivity (Wildman–Crippen MR) is 112 cm³/mol. The van der Waals surface area contributed by atoms with Crippen LogP contribution in [0.5, 0.6) is 0 Å². The van der Waals surface area contributed by atoms with Crippen molar-refractivity contribution < 1.29 is 17.2 Å². The van der Waals surface area contributed by atoms with E-state index >= 15 is 0 Å². The molecule has 2 aromatic heterocycles. The standard InChI is InChI=1S/C25H22NO/c1-15-6-8-20(17(3)9-15)23-13-25-22(14-26(23)4)21-11-19-10-16(2)5-7-18(19)12-24(21)27-25/h5-14H,1-4H3/q+1/i1D3,2D3. The number of furan rings is 1. The van der Waals surface area contributed by atoms with Gasteiger partial charge in [-0.2, -0.15) is 0 Å². The molecule has 0 saturated heterocycles. The molecule has 2 heteroatoms. The van der Waals surface area contributed by atoms with Gasteiger partial charge in [-0.1, -0.05) is 41.5 Å². The van der Waals surface area contributed by atoms with Crippen molar-refractivity contribution in [3.8, 4) is 11.3 Å². The van der Waals surface area contributed by atoms with Gasteiger partial charge in [0.15, 0.2) is 6.20 Å². The number of hydrogen-bond donors (Lipinski definition) is 0. The SMILES string of the molecule is [2H]C([2H])([2H])c1ccc(-c2cc3oc4cc5ccc(C([2H])([2H])[2H])cc5cc4c3c[n+]2C)c(C)c1. The van der Waals surface area contributed by atoms with Gasteiger partial charge in [-0.3, -0.25) is 0 Å². The smallest absolute Gasteiger partial charge is 0.216 e. The normalized spacial score (nSPS) is 15.9. The molecule has 0 unspecified atom stereocenters. The van der Waals surface area contributed by atoms with Gasteiger partial charge in [0, 0.05) is 19.2 Å². The van der Waals surface area contributed by atoms with Crippen molar-refractivity contribution in [1.82, 2.24) is 0 Å². The molecule has 5 aromatic rings. The molecule has 5 rings (SSSR count). The molecule has 0 amide bonds. The molecule has 0 atom stereocenters. The minimum absolute atomic E-state index is 0.311.